The molecule has 0 saturated heterocycles. The topological polar surface area (TPSA) is 35.2 Å². The van der Waals surface area contributed by atoms with E-state index >= 15 is 0 Å². The van der Waals surface area contributed by atoms with Crippen molar-refractivity contribution in [2.24, 2.45) is 11.7 Å². The molecule has 18 heavy (non-hydrogen) atoms. The van der Waals surface area contributed by atoms with Crippen molar-refractivity contribution in [1.29, 1.82) is 0 Å². The van der Waals surface area contributed by atoms with E-state index in [1.807, 2.05) is 6.92 Å². The Kier molecular flexibility index (Phi) is 4.60. The van der Waals surface area contributed by atoms with Crippen molar-refractivity contribution in [3.8, 4) is 0 Å². The molecule has 1 fully saturated rings. The molecular formula is C14H19ClFNO. The minimum absolute atomic E-state index is 0.0355. The molecule has 2 N–H and O–H groups in total. The van der Waals surface area contributed by atoms with Crippen molar-refractivity contribution >= 4 is 11.6 Å². The maximum absolute atomic E-state index is 13.8. The lowest BCUT2D eigenvalue weighted by Crippen LogP contribution is -2.40. The number of ether oxygens (including phenoxy) is 1. The monoisotopic (exact) mass is 271 g/mol. The van der Waals surface area contributed by atoms with Gasteiger partial charge >= 0.3 is 0 Å². The molecule has 0 amide bonds. The van der Waals surface area contributed by atoms with Crippen LogP contribution in [0.15, 0.2) is 18.2 Å². The molecule has 0 spiro atoms. The fraction of sp³-hybridized carbons (Fsp3) is 0.571. The number of halogens is 2. The minimum atomic E-state index is -0.360. The lowest BCUT2D eigenvalue weighted by atomic mass is 9.98. The van der Waals surface area contributed by atoms with E-state index in [4.69, 9.17) is 22.1 Å². The van der Waals surface area contributed by atoms with Gasteiger partial charge in [-0.05, 0) is 43.7 Å². The van der Waals surface area contributed by atoms with Gasteiger partial charge in [0, 0.05) is 12.6 Å². The number of benzene rings is 1. The van der Waals surface area contributed by atoms with Crippen molar-refractivity contribution < 1.29 is 9.13 Å². The highest BCUT2D eigenvalue weighted by molar-refractivity contribution is 6.30. The third-order valence-electron chi connectivity index (χ3n) is 3.35. The van der Waals surface area contributed by atoms with Gasteiger partial charge < -0.3 is 10.5 Å². The number of hydrogen-bond donors (Lipinski definition) is 1. The molecular weight excluding hydrogens is 253 g/mol. The summed E-state index contributed by atoms with van der Waals surface area (Å²) in [7, 11) is 0. The molecule has 1 aliphatic rings. The number of rotatable bonds is 6. The standard InChI is InChI=1S/C14H19ClFNO/c1-2-18-14(9-6-7-9)12(17)8-10-4-3-5-11(15)13(10)16/h3-5,9,12,14H,2,6-8,17H2,1H3. The Morgan fingerprint density at radius 2 is 2.22 bits per heavy atom. The molecule has 2 rings (SSSR count). The SMILES string of the molecule is CCOC(C(N)Cc1cccc(Cl)c1F)C1CC1. The first-order valence-corrected chi connectivity index (χ1v) is 6.81. The fourth-order valence-corrected chi connectivity index (χ4v) is 2.50. The van der Waals surface area contributed by atoms with Crippen LogP contribution >= 0.6 is 11.6 Å². The van der Waals surface area contributed by atoms with Crippen LogP contribution in [0.1, 0.15) is 25.3 Å². The van der Waals surface area contributed by atoms with Crippen LogP contribution in [0.3, 0.4) is 0 Å². The van der Waals surface area contributed by atoms with Crippen molar-refractivity contribution in [2.75, 3.05) is 6.61 Å². The first-order valence-electron chi connectivity index (χ1n) is 6.43. The Morgan fingerprint density at radius 1 is 1.50 bits per heavy atom. The molecule has 0 aliphatic heterocycles. The van der Waals surface area contributed by atoms with Gasteiger partial charge in [-0.15, -0.1) is 0 Å². The lowest BCUT2D eigenvalue weighted by Gasteiger charge is -2.24. The van der Waals surface area contributed by atoms with Crippen LogP contribution in [-0.2, 0) is 11.2 Å². The van der Waals surface area contributed by atoms with E-state index in [0.717, 1.165) is 12.8 Å². The molecule has 100 valence electrons. The van der Waals surface area contributed by atoms with Gasteiger partial charge in [0.05, 0.1) is 11.1 Å². The van der Waals surface area contributed by atoms with Crippen LogP contribution in [-0.4, -0.2) is 18.8 Å². The van der Waals surface area contributed by atoms with E-state index in [2.05, 4.69) is 0 Å². The molecule has 4 heteroatoms. The number of hydrogen-bond acceptors (Lipinski definition) is 2. The lowest BCUT2D eigenvalue weighted by molar-refractivity contribution is 0.0286. The first kappa shape index (κ1) is 13.8. The van der Waals surface area contributed by atoms with Crippen molar-refractivity contribution in [2.45, 2.75) is 38.3 Å². The zero-order chi connectivity index (χ0) is 13.1. The molecule has 1 saturated carbocycles. The molecule has 0 aromatic heterocycles. The summed E-state index contributed by atoms with van der Waals surface area (Å²) in [6, 6.07) is 4.86. The molecule has 0 bridgehead atoms. The van der Waals surface area contributed by atoms with Crippen molar-refractivity contribution in [3.63, 3.8) is 0 Å². The molecule has 1 aliphatic carbocycles. The van der Waals surface area contributed by atoms with Gasteiger partial charge in [0.15, 0.2) is 0 Å². The van der Waals surface area contributed by atoms with Crippen LogP contribution in [0, 0.1) is 11.7 Å². The molecule has 2 unspecified atom stereocenters. The van der Waals surface area contributed by atoms with Gasteiger partial charge in [-0.3, -0.25) is 0 Å². The van der Waals surface area contributed by atoms with Crippen molar-refractivity contribution in [1.82, 2.24) is 0 Å². The summed E-state index contributed by atoms with van der Waals surface area (Å²) in [6.45, 7) is 2.61. The predicted octanol–water partition coefficient (Wildman–Crippen LogP) is 3.16. The average Bonchev–Trinajstić information content (AvgIpc) is 3.16. The van der Waals surface area contributed by atoms with Gasteiger partial charge in [-0.2, -0.15) is 0 Å². The van der Waals surface area contributed by atoms with Gasteiger partial charge in [0.1, 0.15) is 5.82 Å². The maximum atomic E-state index is 13.8. The van der Waals surface area contributed by atoms with E-state index < -0.39 is 0 Å². The summed E-state index contributed by atoms with van der Waals surface area (Å²) >= 11 is 5.77. The summed E-state index contributed by atoms with van der Waals surface area (Å²) in [5, 5.41) is 0.152. The van der Waals surface area contributed by atoms with E-state index in [9.17, 15) is 4.39 Å². The predicted molar refractivity (Wildman–Crippen MR) is 71.2 cm³/mol. The molecule has 0 radical (unpaired) electrons. The second-order valence-electron chi connectivity index (χ2n) is 4.84. The van der Waals surface area contributed by atoms with Gasteiger partial charge in [0.25, 0.3) is 0 Å². The van der Waals surface area contributed by atoms with Gasteiger partial charge in [-0.1, -0.05) is 23.7 Å². The Morgan fingerprint density at radius 3 is 2.83 bits per heavy atom. The summed E-state index contributed by atoms with van der Waals surface area (Å²) < 4.78 is 19.5. The normalized spacial score (nSPS) is 18.7. The zero-order valence-electron chi connectivity index (χ0n) is 10.5. The highest BCUT2D eigenvalue weighted by Gasteiger charge is 2.35. The Bertz CT molecular complexity index is 409. The highest BCUT2D eigenvalue weighted by Crippen LogP contribution is 2.36. The summed E-state index contributed by atoms with van der Waals surface area (Å²) in [5.74, 6) is 0.183. The van der Waals surface area contributed by atoms with Crippen LogP contribution in [0.2, 0.25) is 5.02 Å². The van der Waals surface area contributed by atoms with Crippen molar-refractivity contribution in [3.05, 3.63) is 34.6 Å². The van der Waals surface area contributed by atoms with Crippen LogP contribution < -0.4 is 5.73 Å². The zero-order valence-corrected chi connectivity index (χ0v) is 11.3. The molecule has 2 nitrogen and oxygen atoms in total. The van der Waals surface area contributed by atoms with Crippen LogP contribution in [0.5, 0.6) is 0 Å². The van der Waals surface area contributed by atoms with Crippen LogP contribution in [0.25, 0.3) is 0 Å². The second-order valence-corrected chi connectivity index (χ2v) is 5.25. The Balaban J connectivity index is 2.04. The first-order chi connectivity index (χ1) is 8.63. The van der Waals surface area contributed by atoms with Gasteiger partial charge in [-0.25, -0.2) is 4.39 Å². The van der Waals surface area contributed by atoms with E-state index in [-0.39, 0.29) is 23.0 Å². The second kappa shape index (κ2) is 6.00. The smallest absolute Gasteiger partial charge is 0.145 e. The summed E-state index contributed by atoms with van der Waals surface area (Å²) in [6.07, 6.45) is 2.83. The largest absolute Gasteiger partial charge is 0.377 e. The molecule has 1 aromatic rings. The minimum Gasteiger partial charge on any atom is -0.377 e. The maximum Gasteiger partial charge on any atom is 0.145 e. The number of nitrogens with two attached hydrogens (primary N) is 1. The third-order valence-corrected chi connectivity index (χ3v) is 3.65. The molecule has 0 heterocycles. The fourth-order valence-electron chi connectivity index (χ4n) is 2.30. The molecule has 1 aromatic carbocycles. The summed E-state index contributed by atoms with van der Waals surface area (Å²) in [5.41, 5.74) is 6.73. The highest BCUT2D eigenvalue weighted by atomic mass is 35.5. The van der Waals surface area contributed by atoms with E-state index in [0.29, 0.717) is 24.5 Å². The summed E-state index contributed by atoms with van der Waals surface area (Å²) in [4.78, 5) is 0. The average molecular weight is 272 g/mol. The van der Waals surface area contributed by atoms with E-state index in [1.54, 1.807) is 18.2 Å². The Labute approximate surface area is 112 Å². The third kappa shape index (κ3) is 3.22. The van der Waals surface area contributed by atoms with Crippen LogP contribution in [0.4, 0.5) is 4.39 Å². The molecule has 2 atom stereocenters. The Hall–Kier alpha value is -0.640. The van der Waals surface area contributed by atoms with Gasteiger partial charge in [0.2, 0.25) is 0 Å². The van der Waals surface area contributed by atoms with E-state index in [1.165, 1.54) is 0 Å². The quantitative estimate of drug-likeness (QED) is 0.863.